The van der Waals surface area contributed by atoms with Crippen molar-refractivity contribution in [2.45, 2.75) is 44.6 Å². The van der Waals surface area contributed by atoms with Gasteiger partial charge in [0.05, 0.1) is 11.7 Å². The Morgan fingerprint density at radius 1 is 1.50 bits per heavy atom. The summed E-state index contributed by atoms with van der Waals surface area (Å²) in [7, 11) is 0. The average Bonchev–Trinajstić information content (AvgIpc) is 2.36. The smallest absolute Gasteiger partial charge is 0.191 e. The van der Waals surface area contributed by atoms with Crippen molar-refractivity contribution in [1.29, 1.82) is 0 Å². The third-order valence-electron chi connectivity index (χ3n) is 3.13. The maximum atomic E-state index is 5.95. The number of nitrogens with zero attached hydrogens (tertiary/aromatic N) is 3. The van der Waals surface area contributed by atoms with E-state index in [0.717, 1.165) is 36.4 Å². The maximum absolute atomic E-state index is 5.95. The minimum atomic E-state index is -0.152. The normalized spacial score (nSPS) is 21.9. The van der Waals surface area contributed by atoms with Gasteiger partial charge in [-0.15, -0.1) is 0 Å². The molecule has 0 aromatic carbocycles. The fraction of sp³-hybridized carbons (Fsp3) is 0.714. The standard InChI is InChI=1S/C14H24N4OS/c1-6-15-11-7-12(17-13(16-11)20-5)18-8-10(2)19-14(3,4)9-18/h7,10H,6,8-9H2,1-5H3,(H,15,16,17). The van der Waals surface area contributed by atoms with Crippen LogP contribution >= 0.6 is 11.8 Å². The molecule has 1 atom stereocenters. The molecule has 1 aromatic rings. The monoisotopic (exact) mass is 296 g/mol. The van der Waals surface area contributed by atoms with Gasteiger partial charge in [-0.05, 0) is 34.0 Å². The molecule has 1 aliphatic rings. The number of ether oxygens (including phenoxy) is 1. The molecule has 0 radical (unpaired) electrons. The number of hydrogen-bond acceptors (Lipinski definition) is 6. The lowest BCUT2D eigenvalue weighted by molar-refractivity contribution is -0.0752. The fourth-order valence-corrected chi connectivity index (χ4v) is 2.94. The first kappa shape index (κ1) is 15.4. The van der Waals surface area contributed by atoms with Crippen LogP contribution in [0.1, 0.15) is 27.7 Å². The predicted molar refractivity (Wildman–Crippen MR) is 84.8 cm³/mol. The van der Waals surface area contributed by atoms with Gasteiger partial charge in [0.15, 0.2) is 5.16 Å². The largest absolute Gasteiger partial charge is 0.370 e. The zero-order valence-electron chi connectivity index (χ0n) is 12.9. The number of hydrogen-bond donors (Lipinski definition) is 1. The Morgan fingerprint density at radius 2 is 2.25 bits per heavy atom. The van der Waals surface area contributed by atoms with Gasteiger partial charge in [-0.1, -0.05) is 11.8 Å². The second kappa shape index (κ2) is 6.18. The van der Waals surface area contributed by atoms with E-state index in [4.69, 9.17) is 4.74 Å². The molecule has 0 spiro atoms. The minimum Gasteiger partial charge on any atom is -0.370 e. The predicted octanol–water partition coefficient (Wildman–Crippen LogP) is 2.63. The van der Waals surface area contributed by atoms with E-state index in [1.807, 2.05) is 12.3 Å². The first-order valence-corrected chi connectivity index (χ1v) is 8.25. The van der Waals surface area contributed by atoms with Crippen LogP contribution in [0.5, 0.6) is 0 Å². The molecule has 5 nitrogen and oxygen atoms in total. The zero-order chi connectivity index (χ0) is 14.8. The maximum Gasteiger partial charge on any atom is 0.191 e. The molecule has 1 fully saturated rings. The molecule has 0 bridgehead atoms. The summed E-state index contributed by atoms with van der Waals surface area (Å²) in [5.41, 5.74) is -0.152. The molecule has 0 amide bonds. The van der Waals surface area contributed by atoms with E-state index in [0.29, 0.717) is 0 Å². The lowest BCUT2D eigenvalue weighted by Crippen LogP contribution is -2.52. The summed E-state index contributed by atoms with van der Waals surface area (Å²) in [5, 5.41) is 4.07. The highest BCUT2D eigenvalue weighted by molar-refractivity contribution is 7.98. The molecule has 1 aliphatic heterocycles. The van der Waals surface area contributed by atoms with Crippen molar-refractivity contribution in [3.63, 3.8) is 0 Å². The van der Waals surface area contributed by atoms with Crippen molar-refractivity contribution in [2.75, 3.05) is 36.1 Å². The van der Waals surface area contributed by atoms with Gasteiger partial charge >= 0.3 is 0 Å². The van der Waals surface area contributed by atoms with Crippen molar-refractivity contribution in [1.82, 2.24) is 9.97 Å². The van der Waals surface area contributed by atoms with Crippen molar-refractivity contribution in [2.24, 2.45) is 0 Å². The van der Waals surface area contributed by atoms with Crippen molar-refractivity contribution in [3.8, 4) is 0 Å². The Balaban J connectivity index is 2.28. The molecule has 1 saturated heterocycles. The van der Waals surface area contributed by atoms with Gasteiger partial charge in [-0.2, -0.15) is 0 Å². The van der Waals surface area contributed by atoms with Gasteiger partial charge in [-0.25, -0.2) is 9.97 Å². The topological polar surface area (TPSA) is 50.3 Å². The SMILES string of the molecule is CCNc1cc(N2CC(C)OC(C)(C)C2)nc(SC)n1. The Labute approximate surface area is 125 Å². The summed E-state index contributed by atoms with van der Waals surface area (Å²) in [5.74, 6) is 1.86. The Bertz CT molecular complexity index is 466. The summed E-state index contributed by atoms with van der Waals surface area (Å²) < 4.78 is 5.95. The van der Waals surface area contributed by atoms with E-state index in [-0.39, 0.29) is 11.7 Å². The first-order chi connectivity index (χ1) is 9.43. The summed E-state index contributed by atoms with van der Waals surface area (Å²) >= 11 is 1.57. The van der Waals surface area contributed by atoms with Crippen LogP contribution in [0.4, 0.5) is 11.6 Å². The zero-order valence-corrected chi connectivity index (χ0v) is 13.8. The van der Waals surface area contributed by atoms with E-state index in [2.05, 4.69) is 47.9 Å². The van der Waals surface area contributed by atoms with Gasteiger partial charge in [0.2, 0.25) is 0 Å². The molecular formula is C14H24N4OS. The van der Waals surface area contributed by atoms with Crippen LogP contribution in [0.15, 0.2) is 11.2 Å². The van der Waals surface area contributed by atoms with Crippen LogP contribution in [0.25, 0.3) is 0 Å². The van der Waals surface area contributed by atoms with Crippen LogP contribution in [0.3, 0.4) is 0 Å². The Morgan fingerprint density at radius 3 is 2.85 bits per heavy atom. The number of nitrogens with one attached hydrogen (secondary N) is 1. The summed E-state index contributed by atoms with van der Waals surface area (Å²) in [6.07, 6.45) is 2.20. The van der Waals surface area contributed by atoms with E-state index in [1.54, 1.807) is 11.8 Å². The molecule has 0 saturated carbocycles. The average molecular weight is 296 g/mol. The van der Waals surface area contributed by atoms with E-state index < -0.39 is 0 Å². The van der Waals surface area contributed by atoms with Gasteiger partial charge in [-0.3, -0.25) is 0 Å². The highest BCUT2D eigenvalue weighted by Crippen LogP contribution is 2.27. The lowest BCUT2D eigenvalue weighted by atomic mass is 10.1. The van der Waals surface area contributed by atoms with Gasteiger partial charge in [0.1, 0.15) is 11.6 Å². The number of rotatable bonds is 4. The van der Waals surface area contributed by atoms with E-state index in [9.17, 15) is 0 Å². The molecule has 112 valence electrons. The number of thioether (sulfide) groups is 1. The minimum absolute atomic E-state index is 0.152. The van der Waals surface area contributed by atoms with Crippen LogP contribution < -0.4 is 10.2 Å². The molecule has 0 aliphatic carbocycles. The van der Waals surface area contributed by atoms with Crippen molar-refractivity contribution < 1.29 is 4.74 Å². The van der Waals surface area contributed by atoms with Gasteiger partial charge in [0.25, 0.3) is 0 Å². The van der Waals surface area contributed by atoms with Crippen molar-refractivity contribution in [3.05, 3.63) is 6.07 Å². The molecule has 1 aromatic heterocycles. The first-order valence-electron chi connectivity index (χ1n) is 7.03. The second-order valence-corrected chi connectivity index (χ2v) is 6.47. The second-order valence-electron chi connectivity index (χ2n) is 5.70. The molecule has 2 rings (SSSR count). The van der Waals surface area contributed by atoms with Crippen LogP contribution in [-0.4, -0.2) is 47.6 Å². The van der Waals surface area contributed by atoms with Gasteiger partial charge < -0.3 is 15.0 Å². The molecular weight excluding hydrogens is 272 g/mol. The van der Waals surface area contributed by atoms with Crippen LogP contribution in [0.2, 0.25) is 0 Å². The number of aromatic nitrogens is 2. The third kappa shape index (κ3) is 3.76. The number of morpholine rings is 1. The van der Waals surface area contributed by atoms with Crippen LogP contribution in [0, 0.1) is 0 Å². The van der Waals surface area contributed by atoms with Gasteiger partial charge in [0, 0.05) is 25.7 Å². The highest BCUT2D eigenvalue weighted by atomic mass is 32.2. The van der Waals surface area contributed by atoms with Crippen molar-refractivity contribution >= 4 is 23.4 Å². The van der Waals surface area contributed by atoms with E-state index >= 15 is 0 Å². The quantitative estimate of drug-likeness (QED) is 0.681. The highest BCUT2D eigenvalue weighted by Gasteiger charge is 2.32. The molecule has 2 heterocycles. The molecule has 20 heavy (non-hydrogen) atoms. The summed E-state index contributed by atoms with van der Waals surface area (Å²) in [4.78, 5) is 11.4. The lowest BCUT2D eigenvalue weighted by Gasteiger charge is -2.42. The Kier molecular flexibility index (Phi) is 4.75. The number of anilines is 2. The molecule has 1 unspecified atom stereocenters. The molecule has 1 N–H and O–H groups in total. The molecule has 6 heteroatoms. The summed E-state index contributed by atoms with van der Waals surface area (Å²) in [6, 6.07) is 2.03. The van der Waals surface area contributed by atoms with Crippen LogP contribution in [-0.2, 0) is 4.74 Å². The Hall–Kier alpha value is -1.01. The third-order valence-corrected chi connectivity index (χ3v) is 3.67. The fourth-order valence-electron chi connectivity index (χ4n) is 2.57. The summed E-state index contributed by atoms with van der Waals surface area (Å²) in [6.45, 7) is 11.0. The van der Waals surface area contributed by atoms with E-state index in [1.165, 1.54) is 0 Å².